The minimum atomic E-state index is -0.377. The number of amides is 2. The Labute approximate surface area is 169 Å². The maximum Gasteiger partial charge on any atom is 0.278 e. The maximum absolute atomic E-state index is 13.4. The molecule has 1 fully saturated rings. The van der Waals surface area contributed by atoms with Gasteiger partial charge in [-0.15, -0.1) is 0 Å². The van der Waals surface area contributed by atoms with Gasteiger partial charge in [0, 0.05) is 38.4 Å². The van der Waals surface area contributed by atoms with Gasteiger partial charge in [0.15, 0.2) is 0 Å². The molecule has 1 aromatic heterocycles. The first kappa shape index (κ1) is 19.1. The summed E-state index contributed by atoms with van der Waals surface area (Å²) in [6, 6.07) is 11.3. The van der Waals surface area contributed by atoms with Crippen LogP contribution >= 0.6 is 0 Å². The summed E-state index contributed by atoms with van der Waals surface area (Å²) >= 11 is 0. The summed E-state index contributed by atoms with van der Waals surface area (Å²) < 4.78 is 13.4. The van der Waals surface area contributed by atoms with Gasteiger partial charge in [0.1, 0.15) is 17.3 Å². The van der Waals surface area contributed by atoms with Gasteiger partial charge < -0.3 is 9.80 Å². The quantitative estimate of drug-likeness (QED) is 0.746. The molecule has 29 heavy (non-hydrogen) atoms. The van der Waals surface area contributed by atoms with Gasteiger partial charge in [0.2, 0.25) is 0 Å². The van der Waals surface area contributed by atoms with E-state index in [1.165, 1.54) is 17.0 Å². The molecule has 3 heterocycles. The Bertz CT molecular complexity index is 949. The lowest BCUT2D eigenvalue weighted by atomic mass is 10.0. The summed E-state index contributed by atoms with van der Waals surface area (Å²) in [6.45, 7) is 6.23. The van der Waals surface area contributed by atoms with Crippen molar-refractivity contribution in [3.8, 4) is 0 Å². The predicted molar refractivity (Wildman–Crippen MR) is 108 cm³/mol. The van der Waals surface area contributed by atoms with E-state index in [-0.39, 0.29) is 23.7 Å². The Morgan fingerprint density at radius 1 is 0.897 bits per heavy atom. The van der Waals surface area contributed by atoms with Crippen molar-refractivity contribution in [3.63, 3.8) is 0 Å². The van der Waals surface area contributed by atoms with Crippen LogP contribution in [-0.4, -0.2) is 58.8 Å². The van der Waals surface area contributed by atoms with Crippen molar-refractivity contribution in [2.75, 3.05) is 31.1 Å². The van der Waals surface area contributed by atoms with E-state index in [9.17, 15) is 14.0 Å². The van der Waals surface area contributed by atoms with Crippen LogP contribution in [0.5, 0.6) is 0 Å². The van der Waals surface area contributed by atoms with Gasteiger partial charge in [-0.2, -0.15) is 0 Å². The molecule has 150 valence electrons. The van der Waals surface area contributed by atoms with E-state index in [0.717, 1.165) is 5.82 Å². The number of halogens is 1. The van der Waals surface area contributed by atoms with Crippen LogP contribution in [0.1, 0.15) is 19.4 Å². The van der Waals surface area contributed by atoms with Crippen LogP contribution < -0.4 is 4.90 Å². The van der Waals surface area contributed by atoms with Crippen molar-refractivity contribution in [2.24, 2.45) is 0 Å². The van der Waals surface area contributed by atoms with Gasteiger partial charge in [-0.1, -0.05) is 18.2 Å². The number of nitrogens with zero attached hydrogens (tertiary/aromatic N) is 4. The van der Waals surface area contributed by atoms with E-state index in [0.29, 0.717) is 43.0 Å². The van der Waals surface area contributed by atoms with Crippen LogP contribution in [0.3, 0.4) is 0 Å². The smallest absolute Gasteiger partial charge is 0.278 e. The molecular weight excluding hydrogens is 371 g/mol. The third kappa shape index (κ3) is 3.48. The number of aromatic nitrogens is 1. The zero-order valence-corrected chi connectivity index (χ0v) is 16.5. The normalized spacial score (nSPS) is 17.7. The highest BCUT2D eigenvalue weighted by molar-refractivity contribution is 6.35. The van der Waals surface area contributed by atoms with Gasteiger partial charge in [0.05, 0.1) is 5.57 Å². The van der Waals surface area contributed by atoms with E-state index in [1.807, 2.05) is 36.9 Å². The van der Waals surface area contributed by atoms with Crippen LogP contribution in [0.2, 0.25) is 0 Å². The molecule has 0 saturated carbocycles. The average molecular weight is 394 g/mol. The van der Waals surface area contributed by atoms with E-state index in [2.05, 4.69) is 9.88 Å². The van der Waals surface area contributed by atoms with E-state index >= 15 is 0 Å². The molecule has 2 aliphatic rings. The average Bonchev–Trinajstić information content (AvgIpc) is 2.99. The first-order chi connectivity index (χ1) is 14.0. The first-order valence-corrected chi connectivity index (χ1v) is 9.76. The Hall–Kier alpha value is -3.22. The van der Waals surface area contributed by atoms with Crippen LogP contribution in [0.4, 0.5) is 10.2 Å². The van der Waals surface area contributed by atoms with Crippen molar-refractivity contribution in [1.82, 2.24) is 14.8 Å². The van der Waals surface area contributed by atoms with Crippen LogP contribution in [0.25, 0.3) is 5.57 Å². The van der Waals surface area contributed by atoms with Gasteiger partial charge >= 0.3 is 0 Å². The van der Waals surface area contributed by atoms with Crippen molar-refractivity contribution >= 4 is 23.2 Å². The maximum atomic E-state index is 13.4. The van der Waals surface area contributed by atoms with Gasteiger partial charge in [0.25, 0.3) is 11.8 Å². The largest absolute Gasteiger partial charge is 0.363 e. The van der Waals surface area contributed by atoms with Crippen molar-refractivity contribution in [2.45, 2.75) is 19.9 Å². The molecule has 0 spiro atoms. The highest BCUT2D eigenvalue weighted by Crippen LogP contribution is 2.33. The second kappa shape index (κ2) is 7.66. The number of anilines is 1. The second-order valence-corrected chi connectivity index (χ2v) is 7.47. The first-order valence-electron chi connectivity index (χ1n) is 9.76. The number of carbonyl (C=O) groups excluding carboxylic acids is 2. The molecule has 6 nitrogen and oxygen atoms in total. The Kier molecular flexibility index (Phi) is 5.05. The second-order valence-electron chi connectivity index (χ2n) is 7.47. The Balaban J connectivity index is 1.66. The molecule has 2 aromatic rings. The number of hydrogen-bond donors (Lipinski definition) is 0. The summed E-state index contributed by atoms with van der Waals surface area (Å²) in [5.74, 6) is -0.0794. The summed E-state index contributed by atoms with van der Waals surface area (Å²) in [6.07, 6.45) is 1.76. The zero-order valence-electron chi connectivity index (χ0n) is 16.5. The zero-order chi connectivity index (χ0) is 20.5. The molecular formula is C22H23FN4O2. The monoisotopic (exact) mass is 394 g/mol. The third-order valence-electron chi connectivity index (χ3n) is 5.31. The van der Waals surface area contributed by atoms with Crippen molar-refractivity contribution in [3.05, 3.63) is 65.7 Å². The van der Waals surface area contributed by atoms with Crippen LogP contribution in [0.15, 0.2) is 54.4 Å². The van der Waals surface area contributed by atoms with Gasteiger partial charge in [-0.25, -0.2) is 9.37 Å². The number of pyridine rings is 1. The highest BCUT2D eigenvalue weighted by atomic mass is 19.1. The summed E-state index contributed by atoms with van der Waals surface area (Å²) in [4.78, 5) is 36.1. The fourth-order valence-corrected chi connectivity index (χ4v) is 3.87. The molecule has 0 aliphatic carbocycles. The molecule has 7 heteroatoms. The van der Waals surface area contributed by atoms with E-state index < -0.39 is 0 Å². The fraction of sp³-hybridized carbons (Fsp3) is 0.318. The lowest BCUT2D eigenvalue weighted by molar-refractivity contribution is -0.139. The number of imide groups is 1. The molecule has 0 radical (unpaired) electrons. The van der Waals surface area contributed by atoms with Crippen LogP contribution in [-0.2, 0) is 9.59 Å². The van der Waals surface area contributed by atoms with Gasteiger partial charge in [-0.05, 0) is 43.7 Å². The molecule has 1 saturated heterocycles. The minimum absolute atomic E-state index is 0.252. The molecule has 0 bridgehead atoms. The number of hydrogen-bond acceptors (Lipinski definition) is 5. The highest BCUT2D eigenvalue weighted by Gasteiger charge is 2.43. The fourth-order valence-electron chi connectivity index (χ4n) is 3.87. The minimum Gasteiger partial charge on any atom is -0.363 e. The van der Waals surface area contributed by atoms with Crippen molar-refractivity contribution in [1.29, 1.82) is 0 Å². The summed E-state index contributed by atoms with van der Waals surface area (Å²) in [5, 5.41) is 0. The summed E-state index contributed by atoms with van der Waals surface area (Å²) in [7, 11) is 0. The summed E-state index contributed by atoms with van der Waals surface area (Å²) in [5.41, 5.74) is 1.33. The molecule has 1 aromatic carbocycles. The lowest BCUT2D eigenvalue weighted by Gasteiger charge is -2.37. The van der Waals surface area contributed by atoms with Crippen molar-refractivity contribution < 1.29 is 14.0 Å². The number of benzene rings is 1. The van der Waals surface area contributed by atoms with E-state index in [1.54, 1.807) is 18.3 Å². The Morgan fingerprint density at radius 3 is 2.14 bits per heavy atom. The Morgan fingerprint density at radius 2 is 1.55 bits per heavy atom. The third-order valence-corrected chi connectivity index (χ3v) is 5.31. The molecule has 2 aliphatic heterocycles. The van der Waals surface area contributed by atoms with Gasteiger partial charge in [-0.3, -0.25) is 14.5 Å². The molecule has 4 rings (SSSR count). The SMILES string of the molecule is CC(C)N1C(=O)C(c2ccc(F)cc2)=C(N2CCN(c3ccccn3)CC2)C1=O. The number of rotatable bonds is 4. The molecule has 0 N–H and O–H groups in total. The predicted octanol–water partition coefficient (Wildman–Crippen LogP) is 2.53. The number of piperazine rings is 1. The molecule has 0 atom stereocenters. The van der Waals surface area contributed by atoms with Crippen LogP contribution in [0, 0.1) is 5.82 Å². The number of carbonyl (C=O) groups is 2. The lowest BCUT2D eigenvalue weighted by Crippen LogP contribution is -2.48. The topological polar surface area (TPSA) is 56.8 Å². The van der Waals surface area contributed by atoms with E-state index in [4.69, 9.17) is 0 Å². The molecule has 0 unspecified atom stereocenters. The standard InChI is InChI=1S/C22H23FN4O2/c1-15(2)27-21(28)19(16-6-8-17(23)9-7-16)20(22(27)29)26-13-11-25(12-14-26)18-5-3-4-10-24-18/h3-10,15H,11-14H2,1-2H3. The molecule has 2 amide bonds.